The highest BCUT2D eigenvalue weighted by atomic mass is 32.1. The lowest BCUT2D eigenvalue weighted by atomic mass is 10.2. The maximum Gasteiger partial charge on any atom is 0.329 e. The highest BCUT2D eigenvalue weighted by Crippen LogP contribution is 2.27. The van der Waals surface area contributed by atoms with Crippen molar-refractivity contribution in [3.63, 3.8) is 0 Å². The van der Waals surface area contributed by atoms with Gasteiger partial charge >= 0.3 is 5.97 Å². The molecule has 2 fully saturated rings. The van der Waals surface area contributed by atoms with Crippen LogP contribution in [0.2, 0.25) is 0 Å². The zero-order valence-corrected chi connectivity index (χ0v) is 12.7. The van der Waals surface area contributed by atoms with Crippen molar-refractivity contribution in [2.45, 2.75) is 31.7 Å². The Morgan fingerprint density at radius 3 is 2.81 bits per heavy atom. The predicted molar refractivity (Wildman–Crippen MR) is 79.3 cm³/mol. The van der Waals surface area contributed by atoms with Crippen molar-refractivity contribution >= 4 is 28.3 Å². The van der Waals surface area contributed by atoms with Crippen LogP contribution in [0.5, 0.6) is 0 Å². The number of hydrogen-bond acceptors (Lipinski definition) is 6. The summed E-state index contributed by atoms with van der Waals surface area (Å²) in [6.07, 6.45) is 5.52. The topological polar surface area (TPSA) is 62.7 Å². The molecule has 2 aliphatic rings. The summed E-state index contributed by atoms with van der Waals surface area (Å²) in [7, 11) is 0. The number of esters is 1. The van der Waals surface area contributed by atoms with Crippen molar-refractivity contribution < 1.29 is 14.3 Å². The van der Waals surface area contributed by atoms with E-state index in [9.17, 15) is 9.59 Å². The molecular weight excluding hydrogens is 290 g/mol. The van der Waals surface area contributed by atoms with Gasteiger partial charge in [-0.1, -0.05) is 0 Å². The Morgan fingerprint density at radius 2 is 2.10 bits per heavy atom. The minimum atomic E-state index is -0.310. The summed E-state index contributed by atoms with van der Waals surface area (Å²) < 4.78 is 5.23. The van der Waals surface area contributed by atoms with Gasteiger partial charge in [-0.25, -0.2) is 9.78 Å². The van der Waals surface area contributed by atoms with Crippen LogP contribution in [-0.4, -0.2) is 54.0 Å². The number of aromatic nitrogens is 1. The molecule has 0 bridgehead atoms. The molecule has 7 heteroatoms. The largest absolute Gasteiger partial charge is 0.454 e. The lowest BCUT2D eigenvalue weighted by Crippen LogP contribution is -2.39. The molecule has 0 saturated carbocycles. The predicted octanol–water partition coefficient (Wildman–Crippen LogP) is 1.28. The first kappa shape index (κ1) is 14.3. The van der Waals surface area contributed by atoms with Crippen molar-refractivity contribution in [3.8, 4) is 0 Å². The number of thiazole rings is 1. The van der Waals surface area contributed by atoms with Gasteiger partial charge in [-0.05, 0) is 25.7 Å². The van der Waals surface area contributed by atoms with E-state index in [1.807, 2.05) is 10.3 Å². The minimum absolute atomic E-state index is 0.0837. The van der Waals surface area contributed by atoms with E-state index in [0.717, 1.165) is 50.4 Å². The second-order valence-corrected chi connectivity index (χ2v) is 6.23. The van der Waals surface area contributed by atoms with Crippen LogP contribution in [-0.2, 0) is 14.3 Å². The summed E-state index contributed by atoms with van der Waals surface area (Å²) in [6.45, 7) is 2.24. The summed E-state index contributed by atoms with van der Waals surface area (Å²) >= 11 is 1.52. The molecule has 21 heavy (non-hydrogen) atoms. The molecule has 0 unspecified atom stereocenters. The first-order chi connectivity index (χ1) is 10.3. The second-order valence-electron chi connectivity index (χ2n) is 5.36. The number of likely N-dealkylation sites (tertiary alicyclic amines) is 1. The number of carbonyl (C=O) groups is 2. The third kappa shape index (κ3) is 3.18. The molecule has 0 radical (unpaired) electrons. The van der Waals surface area contributed by atoms with Gasteiger partial charge in [0.05, 0.1) is 0 Å². The third-order valence-corrected chi connectivity index (χ3v) is 4.80. The van der Waals surface area contributed by atoms with Gasteiger partial charge in [-0.2, -0.15) is 0 Å². The smallest absolute Gasteiger partial charge is 0.329 e. The van der Waals surface area contributed by atoms with Gasteiger partial charge in [-0.15, -0.1) is 11.3 Å². The summed E-state index contributed by atoms with van der Waals surface area (Å²) in [6, 6.07) is -0.303. The van der Waals surface area contributed by atoms with E-state index in [-0.39, 0.29) is 24.5 Å². The van der Waals surface area contributed by atoms with E-state index < -0.39 is 0 Å². The SMILES string of the molecule is O=C(OCC(=O)N1CCCC1)[C@H]1CCCN1c1nccs1. The second kappa shape index (κ2) is 6.43. The Kier molecular flexibility index (Phi) is 4.38. The van der Waals surface area contributed by atoms with E-state index >= 15 is 0 Å². The molecule has 1 atom stereocenters. The third-order valence-electron chi connectivity index (χ3n) is 3.99. The van der Waals surface area contributed by atoms with Gasteiger partial charge < -0.3 is 14.5 Å². The molecule has 1 amide bonds. The maximum atomic E-state index is 12.2. The molecule has 2 aliphatic heterocycles. The molecule has 0 aliphatic carbocycles. The van der Waals surface area contributed by atoms with Crippen LogP contribution >= 0.6 is 11.3 Å². The first-order valence-electron chi connectivity index (χ1n) is 7.36. The van der Waals surface area contributed by atoms with Gasteiger partial charge in [0.25, 0.3) is 5.91 Å². The number of ether oxygens (including phenoxy) is 1. The van der Waals surface area contributed by atoms with E-state index in [1.54, 1.807) is 11.1 Å². The molecule has 2 saturated heterocycles. The summed E-state index contributed by atoms with van der Waals surface area (Å²) in [5, 5.41) is 2.74. The average Bonchev–Trinajstić information content (AvgIpc) is 3.25. The first-order valence-corrected chi connectivity index (χ1v) is 8.24. The van der Waals surface area contributed by atoms with Gasteiger partial charge in [0.1, 0.15) is 6.04 Å². The fourth-order valence-corrected chi connectivity index (χ4v) is 3.60. The van der Waals surface area contributed by atoms with Crippen LogP contribution < -0.4 is 4.90 Å². The van der Waals surface area contributed by atoms with E-state index in [1.165, 1.54) is 11.3 Å². The Balaban J connectivity index is 1.53. The van der Waals surface area contributed by atoms with Crippen LogP contribution in [0.15, 0.2) is 11.6 Å². The highest BCUT2D eigenvalue weighted by molar-refractivity contribution is 7.13. The zero-order valence-electron chi connectivity index (χ0n) is 11.9. The van der Waals surface area contributed by atoms with Gasteiger partial charge in [-0.3, -0.25) is 4.79 Å². The van der Waals surface area contributed by atoms with Gasteiger partial charge in [0.2, 0.25) is 0 Å². The Hall–Kier alpha value is -1.63. The summed E-state index contributed by atoms with van der Waals surface area (Å²) in [4.78, 5) is 32.1. The average molecular weight is 309 g/mol. The number of nitrogens with zero attached hydrogens (tertiary/aromatic N) is 3. The monoisotopic (exact) mass is 309 g/mol. The molecule has 0 aromatic carbocycles. The maximum absolute atomic E-state index is 12.2. The van der Waals surface area contributed by atoms with Crippen molar-refractivity contribution in [1.82, 2.24) is 9.88 Å². The normalized spacial score (nSPS) is 21.8. The number of rotatable bonds is 4. The van der Waals surface area contributed by atoms with Crippen LogP contribution in [0.3, 0.4) is 0 Å². The Bertz CT molecular complexity index is 500. The van der Waals surface area contributed by atoms with Crippen molar-refractivity contribution in [3.05, 3.63) is 11.6 Å². The quantitative estimate of drug-likeness (QED) is 0.784. The molecule has 3 heterocycles. The van der Waals surface area contributed by atoms with Crippen LogP contribution in [0.4, 0.5) is 5.13 Å². The number of anilines is 1. The van der Waals surface area contributed by atoms with Crippen LogP contribution in [0.1, 0.15) is 25.7 Å². The molecule has 0 spiro atoms. The van der Waals surface area contributed by atoms with Crippen molar-refractivity contribution in [2.75, 3.05) is 31.1 Å². The zero-order chi connectivity index (χ0) is 14.7. The fourth-order valence-electron chi connectivity index (χ4n) is 2.89. The molecule has 114 valence electrons. The Labute approximate surface area is 127 Å². The standard InChI is InChI=1S/C14H19N3O3S/c18-12(16-6-1-2-7-16)10-20-13(19)11-4-3-8-17(11)14-15-5-9-21-14/h5,9,11H,1-4,6-8,10H2/t11-/m1/s1. The molecule has 1 aromatic rings. The van der Waals surface area contributed by atoms with Crippen molar-refractivity contribution in [1.29, 1.82) is 0 Å². The molecule has 0 N–H and O–H groups in total. The van der Waals surface area contributed by atoms with Crippen LogP contribution in [0.25, 0.3) is 0 Å². The molecule has 6 nitrogen and oxygen atoms in total. The number of amides is 1. The Morgan fingerprint density at radius 1 is 1.29 bits per heavy atom. The molecular formula is C14H19N3O3S. The van der Waals surface area contributed by atoms with Gasteiger partial charge in [0.15, 0.2) is 11.7 Å². The molecule has 3 rings (SSSR count). The van der Waals surface area contributed by atoms with Crippen LogP contribution in [0, 0.1) is 0 Å². The fraction of sp³-hybridized carbons (Fsp3) is 0.643. The summed E-state index contributed by atoms with van der Waals surface area (Å²) in [5.74, 6) is -0.394. The van der Waals surface area contributed by atoms with Crippen molar-refractivity contribution in [2.24, 2.45) is 0 Å². The highest BCUT2D eigenvalue weighted by Gasteiger charge is 2.34. The summed E-state index contributed by atoms with van der Waals surface area (Å²) in [5.41, 5.74) is 0. The minimum Gasteiger partial charge on any atom is -0.454 e. The lowest BCUT2D eigenvalue weighted by Gasteiger charge is -2.22. The van der Waals surface area contributed by atoms with E-state index in [2.05, 4.69) is 4.98 Å². The number of hydrogen-bond donors (Lipinski definition) is 0. The molecule has 1 aromatic heterocycles. The number of carbonyl (C=O) groups excluding carboxylic acids is 2. The van der Waals surface area contributed by atoms with E-state index in [0.29, 0.717) is 0 Å². The van der Waals surface area contributed by atoms with E-state index in [4.69, 9.17) is 4.74 Å². The van der Waals surface area contributed by atoms with Gasteiger partial charge in [0, 0.05) is 31.2 Å². The lowest BCUT2D eigenvalue weighted by molar-refractivity contribution is -0.152.